The predicted molar refractivity (Wildman–Crippen MR) is 95.8 cm³/mol. The van der Waals surface area contributed by atoms with E-state index in [0.717, 1.165) is 30.6 Å². The molecule has 0 aliphatic carbocycles. The fourth-order valence-electron chi connectivity index (χ4n) is 4.29. The van der Waals surface area contributed by atoms with Gasteiger partial charge in [-0.3, -0.25) is 9.69 Å². The van der Waals surface area contributed by atoms with Crippen LogP contribution in [0.3, 0.4) is 0 Å². The molecule has 2 fully saturated rings. The molecule has 1 N–H and O–H groups in total. The first-order chi connectivity index (χ1) is 12.6. The third-order valence-electron chi connectivity index (χ3n) is 5.70. The molecule has 2 aromatic rings. The third kappa shape index (κ3) is 3.17. The number of carbonyl (C=O) groups excluding carboxylic acids is 1. The molecule has 0 aromatic heterocycles. The first kappa shape index (κ1) is 17.3. The molecule has 2 saturated heterocycles. The Bertz CT molecular complexity index is 745. The summed E-state index contributed by atoms with van der Waals surface area (Å²) in [6, 6.07) is 12.8. The van der Waals surface area contributed by atoms with Gasteiger partial charge in [-0.25, -0.2) is 8.78 Å². The molecule has 1 atom stereocenters. The zero-order valence-electron chi connectivity index (χ0n) is 14.6. The molecule has 4 rings (SSSR count). The van der Waals surface area contributed by atoms with Crippen molar-refractivity contribution in [3.8, 4) is 0 Å². The first-order valence-electron chi connectivity index (χ1n) is 9.06. The highest BCUT2D eigenvalue weighted by Crippen LogP contribution is 2.40. The van der Waals surface area contributed by atoms with Crippen LogP contribution in [0.25, 0.3) is 0 Å². The average Bonchev–Trinajstić information content (AvgIpc) is 3.06. The quantitative estimate of drug-likeness (QED) is 0.916. The summed E-state index contributed by atoms with van der Waals surface area (Å²) >= 11 is 0. The number of ketones is 1. The van der Waals surface area contributed by atoms with Crippen molar-refractivity contribution < 1.29 is 13.6 Å². The SMILES string of the molecule is O=C1CCNC[C@]12CCN(C(c1ccc(F)cc1)c1ccc(F)cc1)C2. The standard InChI is InChI=1S/C21H22F2N2O/c22-17-5-1-15(2-6-17)20(16-3-7-18(23)8-4-16)25-12-10-21(14-25)13-24-11-9-19(21)26/h1-8,20,24H,9-14H2/t21-/m0/s1. The number of piperidine rings is 1. The van der Waals surface area contributed by atoms with E-state index in [1.165, 1.54) is 24.3 Å². The van der Waals surface area contributed by atoms with Gasteiger partial charge in [0.2, 0.25) is 0 Å². The lowest BCUT2D eigenvalue weighted by atomic mass is 9.79. The van der Waals surface area contributed by atoms with Crippen molar-refractivity contribution in [1.29, 1.82) is 0 Å². The number of Topliss-reactive ketones (excluding diaryl/α,β-unsaturated/α-hetero) is 1. The number of nitrogens with zero attached hydrogens (tertiary/aromatic N) is 1. The van der Waals surface area contributed by atoms with Crippen molar-refractivity contribution in [2.24, 2.45) is 5.41 Å². The van der Waals surface area contributed by atoms with E-state index in [-0.39, 0.29) is 23.1 Å². The minimum Gasteiger partial charge on any atom is -0.315 e. The largest absolute Gasteiger partial charge is 0.315 e. The van der Waals surface area contributed by atoms with E-state index in [1.54, 1.807) is 24.3 Å². The molecule has 26 heavy (non-hydrogen) atoms. The minimum atomic E-state index is -0.337. The Morgan fingerprint density at radius 1 is 0.962 bits per heavy atom. The second-order valence-corrected chi connectivity index (χ2v) is 7.36. The number of rotatable bonds is 3. The van der Waals surface area contributed by atoms with E-state index in [1.807, 2.05) is 0 Å². The number of hydrogen-bond acceptors (Lipinski definition) is 3. The lowest BCUT2D eigenvalue weighted by molar-refractivity contribution is -0.129. The molecule has 0 saturated carbocycles. The van der Waals surface area contributed by atoms with Crippen molar-refractivity contribution in [2.45, 2.75) is 18.9 Å². The minimum absolute atomic E-state index is 0.120. The molecule has 2 heterocycles. The van der Waals surface area contributed by atoms with Crippen LogP contribution in [0.1, 0.15) is 30.0 Å². The maximum absolute atomic E-state index is 13.4. The molecule has 2 aliphatic heterocycles. The van der Waals surface area contributed by atoms with Gasteiger partial charge >= 0.3 is 0 Å². The van der Waals surface area contributed by atoms with Crippen LogP contribution in [0, 0.1) is 17.0 Å². The summed E-state index contributed by atoms with van der Waals surface area (Å²) in [7, 11) is 0. The summed E-state index contributed by atoms with van der Waals surface area (Å²) in [6.07, 6.45) is 1.39. The first-order valence-corrected chi connectivity index (χ1v) is 9.06. The Morgan fingerprint density at radius 3 is 2.08 bits per heavy atom. The maximum atomic E-state index is 13.4. The molecule has 2 aromatic carbocycles. The molecule has 136 valence electrons. The van der Waals surface area contributed by atoms with Gasteiger partial charge in [0, 0.05) is 32.6 Å². The summed E-state index contributed by atoms with van der Waals surface area (Å²) in [5.41, 5.74) is 1.56. The van der Waals surface area contributed by atoms with Crippen LogP contribution in [0.4, 0.5) is 8.78 Å². The predicted octanol–water partition coefficient (Wildman–Crippen LogP) is 3.31. The van der Waals surface area contributed by atoms with E-state index in [2.05, 4.69) is 10.2 Å². The van der Waals surface area contributed by atoms with Crippen LogP contribution in [0.5, 0.6) is 0 Å². The summed E-state index contributed by atoms with van der Waals surface area (Å²) < 4.78 is 26.8. The maximum Gasteiger partial charge on any atom is 0.142 e. The van der Waals surface area contributed by atoms with Gasteiger partial charge in [-0.05, 0) is 41.8 Å². The summed E-state index contributed by atoms with van der Waals surface area (Å²) in [5.74, 6) is -0.233. The monoisotopic (exact) mass is 356 g/mol. The highest BCUT2D eigenvalue weighted by molar-refractivity contribution is 5.86. The Balaban J connectivity index is 1.68. The van der Waals surface area contributed by atoms with Crippen molar-refractivity contribution in [1.82, 2.24) is 10.2 Å². The van der Waals surface area contributed by atoms with Gasteiger partial charge in [0.15, 0.2) is 0 Å². The van der Waals surface area contributed by atoms with Crippen molar-refractivity contribution >= 4 is 5.78 Å². The Hall–Kier alpha value is -2.11. The zero-order valence-corrected chi connectivity index (χ0v) is 14.6. The van der Waals surface area contributed by atoms with Crippen LogP contribution < -0.4 is 5.32 Å². The topological polar surface area (TPSA) is 32.3 Å². The van der Waals surface area contributed by atoms with E-state index in [9.17, 15) is 13.6 Å². The van der Waals surface area contributed by atoms with Gasteiger partial charge in [-0.15, -0.1) is 0 Å². The lowest BCUT2D eigenvalue weighted by Crippen LogP contribution is -2.49. The molecule has 3 nitrogen and oxygen atoms in total. The molecule has 5 heteroatoms. The van der Waals surface area contributed by atoms with Crippen molar-refractivity contribution in [3.63, 3.8) is 0 Å². The zero-order chi connectivity index (χ0) is 18.1. The summed E-state index contributed by atoms with van der Waals surface area (Å²) in [5, 5.41) is 3.36. The second kappa shape index (κ2) is 6.89. The third-order valence-corrected chi connectivity index (χ3v) is 5.70. The summed E-state index contributed by atoms with van der Waals surface area (Å²) in [4.78, 5) is 14.9. The molecule has 0 radical (unpaired) electrons. The van der Waals surface area contributed by atoms with E-state index >= 15 is 0 Å². The molecular formula is C21H22F2N2O. The van der Waals surface area contributed by atoms with Crippen LogP contribution in [0.2, 0.25) is 0 Å². The highest BCUT2D eigenvalue weighted by Gasteiger charge is 2.47. The van der Waals surface area contributed by atoms with Gasteiger partial charge in [0.1, 0.15) is 17.4 Å². The Labute approximate surface area is 152 Å². The number of likely N-dealkylation sites (tertiary alicyclic amines) is 1. The fraction of sp³-hybridized carbons (Fsp3) is 0.381. The lowest BCUT2D eigenvalue weighted by Gasteiger charge is -2.34. The number of benzene rings is 2. The van der Waals surface area contributed by atoms with Crippen LogP contribution in [-0.2, 0) is 4.79 Å². The van der Waals surface area contributed by atoms with Crippen LogP contribution in [0.15, 0.2) is 48.5 Å². The smallest absolute Gasteiger partial charge is 0.142 e. The normalized spacial score (nSPS) is 23.9. The van der Waals surface area contributed by atoms with Gasteiger partial charge in [0.25, 0.3) is 0 Å². The number of nitrogens with one attached hydrogen (secondary N) is 1. The molecule has 0 bridgehead atoms. The molecule has 0 unspecified atom stereocenters. The van der Waals surface area contributed by atoms with Crippen LogP contribution in [-0.4, -0.2) is 36.9 Å². The van der Waals surface area contributed by atoms with Crippen molar-refractivity contribution in [3.05, 3.63) is 71.3 Å². The van der Waals surface area contributed by atoms with E-state index < -0.39 is 0 Å². The Morgan fingerprint density at radius 2 is 1.54 bits per heavy atom. The van der Waals surface area contributed by atoms with Gasteiger partial charge in [0.05, 0.1) is 11.5 Å². The average molecular weight is 356 g/mol. The van der Waals surface area contributed by atoms with Gasteiger partial charge in [-0.2, -0.15) is 0 Å². The van der Waals surface area contributed by atoms with Crippen molar-refractivity contribution in [2.75, 3.05) is 26.2 Å². The molecule has 0 amide bonds. The molecular weight excluding hydrogens is 334 g/mol. The number of halogens is 2. The molecule has 2 aliphatic rings. The number of hydrogen-bond donors (Lipinski definition) is 1. The number of carbonyl (C=O) groups is 1. The van der Waals surface area contributed by atoms with Gasteiger partial charge < -0.3 is 5.32 Å². The van der Waals surface area contributed by atoms with Crippen LogP contribution >= 0.6 is 0 Å². The second-order valence-electron chi connectivity index (χ2n) is 7.36. The summed E-state index contributed by atoms with van der Waals surface area (Å²) in [6.45, 7) is 2.91. The Kier molecular flexibility index (Phi) is 4.59. The van der Waals surface area contributed by atoms with E-state index in [0.29, 0.717) is 25.3 Å². The highest BCUT2D eigenvalue weighted by atomic mass is 19.1. The molecule has 1 spiro atoms. The van der Waals surface area contributed by atoms with E-state index in [4.69, 9.17) is 0 Å². The fourth-order valence-corrected chi connectivity index (χ4v) is 4.29. The van der Waals surface area contributed by atoms with Gasteiger partial charge in [-0.1, -0.05) is 24.3 Å².